The standard InChI is InChI=1S/C18H20N4O3/c23-17(21-11-15-5-1-2-7-20-15)13-4-3-6-14(10-13)22-18(24)16-12-19-8-9-25-16/h1-7,10,16,19H,8-9,11-12H2,(H,21,23)(H,22,24). The van der Waals surface area contributed by atoms with Crippen molar-refractivity contribution in [3.05, 3.63) is 59.9 Å². The van der Waals surface area contributed by atoms with E-state index < -0.39 is 6.10 Å². The molecule has 1 aliphatic rings. The third-order valence-electron chi connectivity index (χ3n) is 3.77. The molecule has 7 heteroatoms. The molecule has 1 aromatic heterocycles. The maximum absolute atomic E-state index is 12.3. The highest BCUT2D eigenvalue weighted by Gasteiger charge is 2.21. The average Bonchev–Trinajstić information content (AvgIpc) is 2.68. The Bertz CT molecular complexity index is 730. The molecule has 0 bridgehead atoms. The summed E-state index contributed by atoms with van der Waals surface area (Å²) in [6, 6.07) is 12.3. The van der Waals surface area contributed by atoms with E-state index in [1.165, 1.54) is 0 Å². The van der Waals surface area contributed by atoms with Crippen LogP contribution in [0.25, 0.3) is 0 Å². The molecular formula is C18H20N4O3. The average molecular weight is 340 g/mol. The number of ether oxygens (including phenoxy) is 1. The molecule has 2 amide bonds. The number of hydrogen-bond acceptors (Lipinski definition) is 5. The molecule has 1 saturated heterocycles. The number of amides is 2. The molecule has 0 aliphatic carbocycles. The van der Waals surface area contributed by atoms with Gasteiger partial charge in [-0.15, -0.1) is 0 Å². The molecule has 0 saturated carbocycles. The quantitative estimate of drug-likeness (QED) is 0.753. The van der Waals surface area contributed by atoms with E-state index in [2.05, 4.69) is 20.9 Å². The zero-order chi connectivity index (χ0) is 17.5. The minimum atomic E-state index is -0.518. The van der Waals surface area contributed by atoms with Crippen LogP contribution in [0, 0.1) is 0 Å². The highest BCUT2D eigenvalue weighted by Crippen LogP contribution is 2.12. The molecule has 2 heterocycles. The number of nitrogens with one attached hydrogen (secondary N) is 3. The van der Waals surface area contributed by atoms with E-state index in [9.17, 15) is 9.59 Å². The fraction of sp³-hybridized carbons (Fsp3) is 0.278. The van der Waals surface area contributed by atoms with Crippen molar-refractivity contribution in [3.63, 3.8) is 0 Å². The van der Waals surface area contributed by atoms with Crippen molar-refractivity contribution >= 4 is 17.5 Å². The van der Waals surface area contributed by atoms with Crippen LogP contribution in [0.2, 0.25) is 0 Å². The number of nitrogens with zero attached hydrogens (tertiary/aromatic N) is 1. The van der Waals surface area contributed by atoms with E-state index >= 15 is 0 Å². The Morgan fingerprint density at radius 2 is 2.16 bits per heavy atom. The van der Waals surface area contributed by atoms with Crippen LogP contribution in [-0.4, -0.2) is 42.6 Å². The topological polar surface area (TPSA) is 92.4 Å². The van der Waals surface area contributed by atoms with Gasteiger partial charge < -0.3 is 20.7 Å². The van der Waals surface area contributed by atoms with E-state index in [1.807, 2.05) is 18.2 Å². The Hall–Kier alpha value is -2.77. The molecule has 0 radical (unpaired) electrons. The molecule has 3 rings (SSSR count). The summed E-state index contributed by atoms with van der Waals surface area (Å²) in [6.45, 7) is 2.08. The van der Waals surface area contributed by atoms with Crippen LogP contribution in [0.15, 0.2) is 48.7 Å². The first-order valence-corrected chi connectivity index (χ1v) is 8.14. The van der Waals surface area contributed by atoms with Crippen LogP contribution in [0.3, 0.4) is 0 Å². The summed E-state index contributed by atoms with van der Waals surface area (Å²) in [6.07, 6.45) is 1.16. The van der Waals surface area contributed by atoms with Gasteiger partial charge in [-0.1, -0.05) is 12.1 Å². The molecule has 1 unspecified atom stereocenters. The van der Waals surface area contributed by atoms with Crippen molar-refractivity contribution in [2.45, 2.75) is 12.6 Å². The molecule has 2 aromatic rings. The summed E-state index contributed by atoms with van der Waals surface area (Å²) >= 11 is 0. The minimum Gasteiger partial charge on any atom is -0.366 e. The molecule has 0 spiro atoms. The number of aromatic nitrogens is 1. The highest BCUT2D eigenvalue weighted by molar-refractivity contribution is 5.98. The van der Waals surface area contributed by atoms with E-state index in [-0.39, 0.29) is 11.8 Å². The second-order valence-electron chi connectivity index (χ2n) is 5.64. The molecule has 1 atom stereocenters. The van der Waals surface area contributed by atoms with Crippen LogP contribution in [0.5, 0.6) is 0 Å². The maximum atomic E-state index is 12.3. The third-order valence-corrected chi connectivity index (χ3v) is 3.77. The molecule has 25 heavy (non-hydrogen) atoms. The normalized spacial score (nSPS) is 16.9. The first-order chi connectivity index (χ1) is 12.2. The van der Waals surface area contributed by atoms with Crippen molar-refractivity contribution in [2.24, 2.45) is 0 Å². The smallest absolute Gasteiger partial charge is 0.254 e. The van der Waals surface area contributed by atoms with Crippen molar-refractivity contribution in [3.8, 4) is 0 Å². The summed E-state index contributed by atoms with van der Waals surface area (Å²) < 4.78 is 5.42. The van der Waals surface area contributed by atoms with Gasteiger partial charge in [0.05, 0.1) is 18.8 Å². The lowest BCUT2D eigenvalue weighted by molar-refractivity contribution is -0.128. The van der Waals surface area contributed by atoms with Gasteiger partial charge >= 0.3 is 0 Å². The Balaban J connectivity index is 1.58. The lowest BCUT2D eigenvalue weighted by Crippen LogP contribution is -2.45. The van der Waals surface area contributed by atoms with E-state index in [4.69, 9.17) is 4.74 Å². The van der Waals surface area contributed by atoms with Crippen LogP contribution in [0.4, 0.5) is 5.69 Å². The summed E-state index contributed by atoms with van der Waals surface area (Å²) in [4.78, 5) is 28.6. The van der Waals surface area contributed by atoms with Gasteiger partial charge in [0.1, 0.15) is 6.10 Å². The van der Waals surface area contributed by atoms with Crippen molar-refractivity contribution in [1.82, 2.24) is 15.6 Å². The molecule has 1 fully saturated rings. The molecule has 1 aromatic carbocycles. The predicted octanol–water partition coefficient (Wildman–Crippen LogP) is 0.938. The summed E-state index contributed by atoms with van der Waals surface area (Å²) in [5.74, 6) is -0.449. The van der Waals surface area contributed by atoms with Gasteiger partial charge in [-0.25, -0.2) is 0 Å². The van der Waals surface area contributed by atoms with Crippen LogP contribution >= 0.6 is 0 Å². The number of rotatable bonds is 5. The first-order valence-electron chi connectivity index (χ1n) is 8.14. The largest absolute Gasteiger partial charge is 0.366 e. The van der Waals surface area contributed by atoms with Gasteiger partial charge in [-0.3, -0.25) is 14.6 Å². The number of anilines is 1. The first kappa shape index (κ1) is 17.1. The Morgan fingerprint density at radius 3 is 2.92 bits per heavy atom. The van der Waals surface area contributed by atoms with E-state index in [0.29, 0.717) is 30.9 Å². The Kier molecular flexibility index (Phi) is 5.71. The third kappa shape index (κ3) is 4.85. The zero-order valence-electron chi connectivity index (χ0n) is 13.7. The van der Waals surface area contributed by atoms with Crippen molar-refractivity contribution in [2.75, 3.05) is 25.0 Å². The molecule has 3 N–H and O–H groups in total. The zero-order valence-corrected chi connectivity index (χ0v) is 13.7. The number of carbonyl (C=O) groups is 2. The molecular weight excluding hydrogens is 320 g/mol. The second kappa shape index (κ2) is 8.36. The van der Waals surface area contributed by atoms with E-state index in [1.54, 1.807) is 30.5 Å². The van der Waals surface area contributed by atoms with Crippen molar-refractivity contribution in [1.29, 1.82) is 0 Å². The number of hydrogen-bond donors (Lipinski definition) is 3. The summed E-state index contributed by atoms with van der Waals surface area (Å²) in [5.41, 5.74) is 1.81. The summed E-state index contributed by atoms with van der Waals surface area (Å²) in [5, 5.41) is 8.70. The Morgan fingerprint density at radius 1 is 1.24 bits per heavy atom. The van der Waals surface area contributed by atoms with Gasteiger partial charge in [-0.05, 0) is 30.3 Å². The predicted molar refractivity (Wildman–Crippen MR) is 93.1 cm³/mol. The molecule has 7 nitrogen and oxygen atoms in total. The number of benzene rings is 1. The highest BCUT2D eigenvalue weighted by atomic mass is 16.5. The number of carbonyl (C=O) groups excluding carboxylic acids is 2. The van der Waals surface area contributed by atoms with Gasteiger partial charge in [0.2, 0.25) is 0 Å². The van der Waals surface area contributed by atoms with Gasteiger partial charge in [0.25, 0.3) is 11.8 Å². The van der Waals surface area contributed by atoms with Gasteiger partial charge in [0.15, 0.2) is 0 Å². The number of morpholine rings is 1. The molecule has 1 aliphatic heterocycles. The second-order valence-corrected chi connectivity index (χ2v) is 5.64. The van der Waals surface area contributed by atoms with Crippen LogP contribution in [0.1, 0.15) is 16.1 Å². The Labute approximate surface area is 145 Å². The maximum Gasteiger partial charge on any atom is 0.254 e. The van der Waals surface area contributed by atoms with Crippen molar-refractivity contribution < 1.29 is 14.3 Å². The molecule has 130 valence electrons. The fourth-order valence-corrected chi connectivity index (χ4v) is 2.47. The van der Waals surface area contributed by atoms with Gasteiger partial charge in [0, 0.05) is 30.5 Å². The van der Waals surface area contributed by atoms with Crippen LogP contribution < -0.4 is 16.0 Å². The summed E-state index contributed by atoms with van der Waals surface area (Å²) in [7, 11) is 0. The lowest BCUT2D eigenvalue weighted by atomic mass is 10.1. The minimum absolute atomic E-state index is 0.224. The lowest BCUT2D eigenvalue weighted by Gasteiger charge is -2.22. The van der Waals surface area contributed by atoms with E-state index in [0.717, 1.165) is 12.2 Å². The number of pyridine rings is 1. The van der Waals surface area contributed by atoms with Crippen LogP contribution in [-0.2, 0) is 16.1 Å². The SMILES string of the molecule is O=C(NCc1ccccn1)c1cccc(NC(=O)C2CNCCO2)c1. The monoisotopic (exact) mass is 340 g/mol. The van der Waals surface area contributed by atoms with Gasteiger partial charge in [-0.2, -0.15) is 0 Å². The fourth-order valence-electron chi connectivity index (χ4n) is 2.47.